The van der Waals surface area contributed by atoms with Gasteiger partial charge in [-0.2, -0.15) is 0 Å². The summed E-state index contributed by atoms with van der Waals surface area (Å²) in [6.45, 7) is 0. The van der Waals surface area contributed by atoms with Crippen LogP contribution < -0.4 is 4.90 Å². The van der Waals surface area contributed by atoms with Crippen molar-refractivity contribution in [2.24, 2.45) is 0 Å². The molecule has 1 aromatic rings. The highest BCUT2D eigenvalue weighted by Crippen LogP contribution is 2.19. The van der Waals surface area contributed by atoms with Gasteiger partial charge in [0.15, 0.2) is 0 Å². The number of amides is 1. The van der Waals surface area contributed by atoms with E-state index in [0.29, 0.717) is 0 Å². The van der Waals surface area contributed by atoms with Crippen LogP contribution in [0.5, 0.6) is 0 Å². The van der Waals surface area contributed by atoms with Gasteiger partial charge in [0.25, 0.3) is 0 Å². The van der Waals surface area contributed by atoms with Crippen LogP contribution in [0.25, 0.3) is 0 Å². The normalized spacial score (nSPS) is 9.62. The van der Waals surface area contributed by atoms with Crippen LogP contribution in [0.3, 0.4) is 0 Å². The van der Waals surface area contributed by atoms with Crippen LogP contribution in [0, 0.1) is 0 Å². The third-order valence-electron chi connectivity index (χ3n) is 1.51. The molecule has 0 aliphatic rings. The van der Waals surface area contributed by atoms with E-state index < -0.39 is 18.3 Å². The molecule has 1 rings (SSSR count). The second-order valence-corrected chi connectivity index (χ2v) is 3.40. The first-order valence-corrected chi connectivity index (χ1v) is 4.51. The Morgan fingerprint density at radius 3 is 2.77 bits per heavy atom. The summed E-state index contributed by atoms with van der Waals surface area (Å²) >= 11 is 1.40. The van der Waals surface area contributed by atoms with E-state index in [-0.39, 0.29) is 0 Å². The summed E-state index contributed by atoms with van der Waals surface area (Å²) in [5.41, 5.74) is 0. The molecule has 70 valence electrons. The highest BCUT2D eigenvalue weighted by Gasteiger charge is 2.14. The van der Waals surface area contributed by atoms with Gasteiger partial charge in [0.1, 0.15) is 6.42 Å². The topological polar surface area (TPSA) is 57.6 Å². The maximum absolute atomic E-state index is 11.2. The molecule has 0 atom stereocenters. The Labute approximate surface area is 79.4 Å². The minimum atomic E-state index is -1.10. The summed E-state index contributed by atoms with van der Waals surface area (Å²) < 4.78 is 0. The highest BCUT2D eigenvalue weighted by atomic mass is 32.1. The lowest BCUT2D eigenvalue weighted by molar-refractivity contribution is -0.140. The molecule has 1 amide bonds. The summed E-state index contributed by atoms with van der Waals surface area (Å²) in [7, 11) is 1.57. The number of aliphatic carboxylic acids is 1. The SMILES string of the molecule is CN(C(=O)CC(=O)O)c1cccs1. The van der Waals surface area contributed by atoms with Crippen molar-refractivity contribution >= 4 is 28.2 Å². The van der Waals surface area contributed by atoms with E-state index in [0.717, 1.165) is 5.00 Å². The maximum Gasteiger partial charge on any atom is 0.312 e. The zero-order chi connectivity index (χ0) is 9.84. The molecule has 5 heteroatoms. The Morgan fingerprint density at radius 1 is 1.62 bits per heavy atom. The fourth-order valence-corrected chi connectivity index (χ4v) is 1.55. The van der Waals surface area contributed by atoms with Crippen LogP contribution in [0.4, 0.5) is 5.00 Å². The van der Waals surface area contributed by atoms with E-state index in [1.54, 1.807) is 13.1 Å². The van der Waals surface area contributed by atoms with Gasteiger partial charge in [-0.15, -0.1) is 11.3 Å². The Balaban J connectivity index is 2.63. The summed E-state index contributed by atoms with van der Waals surface area (Å²) in [6.07, 6.45) is -0.464. The molecule has 1 N–H and O–H groups in total. The van der Waals surface area contributed by atoms with Crippen molar-refractivity contribution in [1.82, 2.24) is 0 Å². The molecular formula is C8H9NO3S. The van der Waals surface area contributed by atoms with E-state index >= 15 is 0 Å². The lowest BCUT2D eigenvalue weighted by Crippen LogP contribution is -2.27. The fourth-order valence-electron chi connectivity index (χ4n) is 0.832. The maximum atomic E-state index is 11.2. The van der Waals surface area contributed by atoms with E-state index in [9.17, 15) is 9.59 Å². The fraction of sp³-hybridized carbons (Fsp3) is 0.250. The van der Waals surface area contributed by atoms with Crippen LogP contribution >= 0.6 is 11.3 Å². The number of carboxylic acids is 1. The molecule has 1 aromatic heterocycles. The predicted octanol–water partition coefficient (Wildman–Crippen LogP) is 1.19. The average Bonchev–Trinajstić information content (AvgIpc) is 2.53. The molecule has 0 saturated heterocycles. The lowest BCUT2D eigenvalue weighted by atomic mass is 10.4. The molecule has 0 unspecified atom stereocenters. The van der Waals surface area contributed by atoms with Gasteiger partial charge >= 0.3 is 5.97 Å². The van der Waals surface area contributed by atoms with E-state index in [2.05, 4.69) is 0 Å². The summed E-state index contributed by atoms with van der Waals surface area (Å²) in [5, 5.41) is 11.0. The molecule has 0 bridgehead atoms. The van der Waals surface area contributed by atoms with Gasteiger partial charge in [0.05, 0.1) is 5.00 Å². The lowest BCUT2D eigenvalue weighted by Gasteiger charge is -2.12. The minimum absolute atomic E-state index is 0.407. The molecule has 0 fully saturated rings. The third-order valence-corrected chi connectivity index (χ3v) is 2.46. The van der Waals surface area contributed by atoms with Crippen molar-refractivity contribution in [3.63, 3.8) is 0 Å². The zero-order valence-electron chi connectivity index (χ0n) is 7.06. The molecule has 0 aromatic carbocycles. The quantitative estimate of drug-likeness (QED) is 0.744. The smallest absolute Gasteiger partial charge is 0.312 e. The Morgan fingerprint density at radius 2 is 2.31 bits per heavy atom. The van der Waals surface area contributed by atoms with Crippen LogP contribution in [0.2, 0.25) is 0 Å². The number of hydrogen-bond acceptors (Lipinski definition) is 3. The monoisotopic (exact) mass is 199 g/mol. The molecule has 13 heavy (non-hydrogen) atoms. The summed E-state index contributed by atoms with van der Waals surface area (Å²) in [4.78, 5) is 22.8. The van der Waals surface area contributed by atoms with Crippen LogP contribution in [-0.4, -0.2) is 24.0 Å². The second-order valence-electron chi connectivity index (χ2n) is 2.47. The minimum Gasteiger partial charge on any atom is -0.481 e. The first kappa shape index (κ1) is 9.73. The number of carbonyl (C=O) groups excluding carboxylic acids is 1. The molecule has 0 aliphatic heterocycles. The number of rotatable bonds is 3. The summed E-state index contributed by atoms with van der Waals surface area (Å²) in [5.74, 6) is -1.51. The second kappa shape index (κ2) is 4.04. The van der Waals surface area contributed by atoms with Crippen LogP contribution in [-0.2, 0) is 9.59 Å². The first-order valence-electron chi connectivity index (χ1n) is 3.63. The standard InChI is InChI=1S/C8H9NO3S/c1-9(6(10)5-8(11)12)7-3-2-4-13-7/h2-4H,5H2,1H3,(H,11,12). The van der Waals surface area contributed by atoms with Crippen LogP contribution in [0.15, 0.2) is 17.5 Å². The van der Waals surface area contributed by atoms with E-state index in [1.807, 2.05) is 11.4 Å². The number of carboxylic acid groups (broad SMARTS) is 1. The van der Waals surface area contributed by atoms with Gasteiger partial charge in [0, 0.05) is 7.05 Å². The number of hydrogen-bond donors (Lipinski definition) is 1. The van der Waals surface area contributed by atoms with Crippen molar-refractivity contribution in [3.8, 4) is 0 Å². The van der Waals surface area contributed by atoms with E-state index in [4.69, 9.17) is 5.11 Å². The van der Waals surface area contributed by atoms with Crippen molar-refractivity contribution in [2.45, 2.75) is 6.42 Å². The number of anilines is 1. The van der Waals surface area contributed by atoms with Gasteiger partial charge in [-0.3, -0.25) is 9.59 Å². The van der Waals surface area contributed by atoms with Gasteiger partial charge in [-0.05, 0) is 17.5 Å². The predicted molar refractivity (Wildman–Crippen MR) is 50.0 cm³/mol. The Kier molecular flexibility index (Phi) is 3.02. The number of carbonyl (C=O) groups is 2. The number of nitrogens with zero attached hydrogens (tertiary/aromatic N) is 1. The van der Waals surface area contributed by atoms with Gasteiger partial charge < -0.3 is 10.0 Å². The zero-order valence-corrected chi connectivity index (χ0v) is 7.87. The van der Waals surface area contributed by atoms with Crippen LogP contribution in [0.1, 0.15) is 6.42 Å². The third kappa shape index (κ3) is 2.55. The van der Waals surface area contributed by atoms with Gasteiger partial charge in [-0.1, -0.05) is 0 Å². The Hall–Kier alpha value is -1.36. The van der Waals surface area contributed by atoms with E-state index in [1.165, 1.54) is 16.2 Å². The molecule has 0 saturated carbocycles. The average molecular weight is 199 g/mol. The number of thiophene rings is 1. The van der Waals surface area contributed by atoms with Crippen molar-refractivity contribution < 1.29 is 14.7 Å². The van der Waals surface area contributed by atoms with Crippen molar-refractivity contribution in [3.05, 3.63) is 17.5 Å². The molecular weight excluding hydrogens is 190 g/mol. The summed E-state index contributed by atoms with van der Waals surface area (Å²) in [6, 6.07) is 3.58. The van der Waals surface area contributed by atoms with Crippen molar-refractivity contribution in [2.75, 3.05) is 11.9 Å². The molecule has 4 nitrogen and oxygen atoms in total. The molecule has 0 radical (unpaired) electrons. The largest absolute Gasteiger partial charge is 0.481 e. The van der Waals surface area contributed by atoms with Gasteiger partial charge in [0.2, 0.25) is 5.91 Å². The first-order chi connectivity index (χ1) is 6.11. The molecule has 0 spiro atoms. The highest BCUT2D eigenvalue weighted by molar-refractivity contribution is 7.14. The Bertz CT molecular complexity index is 307. The molecule has 0 aliphatic carbocycles. The van der Waals surface area contributed by atoms with Crippen molar-refractivity contribution in [1.29, 1.82) is 0 Å². The van der Waals surface area contributed by atoms with Gasteiger partial charge in [-0.25, -0.2) is 0 Å². The molecule has 1 heterocycles.